The number of fused-ring (bicyclic) bond motifs is 1. The molecule has 7 heteroatoms. The molecule has 0 N–H and O–H groups in total. The molecule has 7 nitrogen and oxygen atoms in total. The molecule has 0 spiro atoms. The molecule has 1 aliphatic rings. The Balaban J connectivity index is 1.57. The SMILES string of the molecule is Cc1cc(N(C)C)nc(N2CCN(c3nc4ccccc4cc3C#N)CC2)n1. The van der Waals surface area contributed by atoms with Gasteiger partial charge in [0, 0.05) is 57.4 Å². The number of nitriles is 1. The van der Waals surface area contributed by atoms with Crippen LogP contribution in [0.2, 0.25) is 0 Å². The number of rotatable bonds is 3. The van der Waals surface area contributed by atoms with E-state index in [2.05, 4.69) is 25.8 Å². The van der Waals surface area contributed by atoms with Crippen molar-refractivity contribution in [2.24, 2.45) is 0 Å². The maximum Gasteiger partial charge on any atom is 0.227 e. The van der Waals surface area contributed by atoms with Crippen molar-refractivity contribution in [3.8, 4) is 6.07 Å². The second-order valence-electron chi connectivity index (χ2n) is 7.20. The molecule has 0 atom stereocenters. The molecular formula is C21H23N7. The van der Waals surface area contributed by atoms with Gasteiger partial charge >= 0.3 is 0 Å². The van der Waals surface area contributed by atoms with Crippen LogP contribution in [0.4, 0.5) is 17.6 Å². The summed E-state index contributed by atoms with van der Waals surface area (Å²) in [5.74, 6) is 2.43. The predicted molar refractivity (Wildman–Crippen MR) is 112 cm³/mol. The molecule has 2 aromatic heterocycles. The first-order chi connectivity index (χ1) is 13.5. The first-order valence-electron chi connectivity index (χ1n) is 9.38. The highest BCUT2D eigenvalue weighted by atomic mass is 15.3. The monoisotopic (exact) mass is 373 g/mol. The van der Waals surface area contributed by atoms with Gasteiger partial charge < -0.3 is 14.7 Å². The minimum Gasteiger partial charge on any atom is -0.363 e. The van der Waals surface area contributed by atoms with Gasteiger partial charge in [0.25, 0.3) is 0 Å². The number of para-hydroxylation sites is 1. The van der Waals surface area contributed by atoms with Gasteiger partial charge in [-0.05, 0) is 19.1 Å². The lowest BCUT2D eigenvalue weighted by molar-refractivity contribution is 0.634. The van der Waals surface area contributed by atoms with Crippen molar-refractivity contribution in [2.75, 3.05) is 55.0 Å². The molecule has 1 fully saturated rings. The second kappa shape index (κ2) is 7.31. The predicted octanol–water partition coefficient (Wildman–Crippen LogP) is 2.60. The summed E-state index contributed by atoms with van der Waals surface area (Å²) in [5.41, 5.74) is 2.49. The molecule has 1 saturated heterocycles. The molecule has 0 aliphatic carbocycles. The van der Waals surface area contributed by atoms with Gasteiger partial charge in [-0.2, -0.15) is 10.2 Å². The van der Waals surface area contributed by atoms with Crippen molar-refractivity contribution in [1.82, 2.24) is 15.0 Å². The fourth-order valence-electron chi connectivity index (χ4n) is 3.45. The lowest BCUT2D eigenvalue weighted by Crippen LogP contribution is -2.47. The van der Waals surface area contributed by atoms with Crippen LogP contribution >= 0.6 is 0 Å². The number of hydrogen-bond acceptors (Lipinski definition) is 7. The Hall–Kier alpha value is -3.40. The lowest BCUT2D eigenvalue weighted by atomic mass is 10.1. The third-order valence-corrected chi connectivity index (χ3v) is 4.97. The number of aromatic nitrogens is 3. The zero-order valence-corrected chi connectivity index (χ0v) is 16.4. The Bertz CT molecular complexity index is 1050. The number of aryl methyl sites for hydroxylation is 1. The number of nitrogens with zero attached hydrogens (tertiary/aromatic N) is 7. The van der Waals surface area contributed by atoms with E-state index >= 15 is 0 Å². The molecule has 4 rings (SSSR count). The van der Waals surface area contributed by atoms with Crippen molar-refractivity contribution in [3.63, 3.8) is 0 Å². The van der Waals surface area contributed by atoms with Crippen LogP contribution in [0.25, 0.3) is 10.9 Å². The van der Waals surface area contributed by atoms with Crippen molar-refractivity contribution >= 4 is 28.5 Å². The van der Waals surface area contributed by atoms with Crippen LogP contribution in [0, 0.1) is 18.3 Å². The van der Waals surface area contributed by atoms with Crippen LogP contribution in [0.15, 0.2) is 36.4 Å². The lowest BCUT2D eigenvalue weighted by Gasteiger charge is -2.36. The average Bonchev–Trinajstić information content (AvgIpc) is 2.72. The van der Waals surface area contributed by atoms with Gasteiger partial charge in [-0.3, -0.25) is 0 Å². The minimum atomic E-state index is 0.619. The smallest absolute Gasteiger partial charge is 0.227 e. The highest BCUT2D eigenvalue weighted by molar-refractivity contribution is 5.83. The van der Waals surface area contributed by atoms with Gasteiger partial charge in [0.1, 0.15) is 17.7 Å². The van der Waals surface area contributed by atoms with Gasteiger partial charge in [-0.25, -0.2) is 9.97 Å². The maximum absolute atomic E-state index is 9.60. The van der Waals surface area contributed by atoms with Crippen LogP contribution in [-0.4, -0.2) is 55.2 Å². The fraction of sp³-hybridized carbons (Fsp3) is 0.333. The highest BCUT2D eigenvalue weighted by Crippen LogP contribution is 2.25. The van der Waals surface area contributed by atoms with Crippen LogP contribution in [0.3, 0.4) is 0 Å². The molecule has 0 saturated carbocycles. The third-order valence-electron chi connectivity index (χ3n) is 4.97. The van der Waals surface area contributed by atoms with E-state index in [-0.39, 0.29) is 0 Å². The van der Waals surface area contributed by atoms with E-state index in [4.69, 9.17) is 4.98 Å². The summed E-state index contributed by atoms with van der Waals surface area (Å²) < 4.78 is 0. The Kier molecular flexibility index (Phi) is 4.70. The summed E-state index contributed by atoms with van der Waals surface area (Å²) >= 11 is 0. The molecule has 0 unspecified atom stereocenters. The van der Waals surface area contributed by atoms with Crippen LogP contribution in [-0.2, 0) is 0 Å². The van der Waals surface area contributed by atoms with Gasteiger partial charge in [-0.1, -0.05) is 18.2 Å². The molecule has 1 aliphatic heterocycles. The van der Waals surface area contributed by atoms with E-state index < -0.39 is 0 Å². The zero-order chi connectivity index (χ0) is 19.7. The van der Waals surface area contributed by atoms with Crippen molar-refractivity contribution in [1.29, 1.82) is 5.26 Å². The molecule has 3 aromatic rings. The highest BCUT2D eigenvalue weighted by Gasteiger charge is 2.23. The summed E-state index contributed by atoms with van der Waals surface area (Å²) in [5, 5.41) is 10.6. The number of piperazine rings is 1. The molecule has 0 amide bonds. The standard InChI is InChI=1S/C21H23N7/c1-15-12-19(26(2)3)25-21(23-15)28-10-8-27(9-11-28)20-17(14-22)13-16-6-4-5-7-18(16)24-20/h4-7,12-13H,8-11H2,1-3H3. The third kappa shape index (κ3) is 3.41. The summed E-state index contributed by atoms with van der Waals surface area (Å²) in [6.45, 7) is 5.11. The zero-order valence-electron chi connectivity index (χ0n) is 16.4. The molecule has 0 bridgehead atoms. The Labute approximate surface area is 164 Å². The van der Waals surface area contributed by atoms with Gasteiger partial charge in [-0.15, -0.1) is 0 Å². The normalized spacial score (nSPS) is 14.2. The molecule has 28 heavy (non-hydrogen) atoms. The van der Waals surface area contributed by atoms with Crippen molar-refractivity contribution in [3.05, 3.63) is 47.7 Å². The maximum atomic E-state index is 9.60. The molecule has 3 heterocycles. The summed E-state index contributed by atoms with van der Waals surface area (Å²) in [7, 11) is 3.97. The number of anilines is 3. The fourth-order valence-corrected chi connectivity index (χ4v) is 3.45. The number of pyridine rings is 1. The first-order valence-corrected chi connectivity index (χ1v) is 9.38. The van der Waals surface area contributed by atoms with Gasteiger partial charge in [0.05, 0.1) is 11.1 Å². The molecule has 142 valence electrons. The quantitative estimate of drug-likeness (QED) is 0.699. The van der Waals surface area contributed by atoms with Gasteiger partial charge in [0.2, 0.25) is 5.95 Å². The summed E-state index contributed by atoms with van der Waals surface area (Å²) in [6, 6.07) is 14.1. The first kappa shape index (κ1) is 18.0. The second-order valence-corrected chi connectivity index (χ2v) is 7.20. The summed E-state index contributed by atoms with van der Waals surface area (Å²) in [4.78, 5) is 20.4. The van der Waals surface area contributed by atoms with Crippen LogP contribution < -0.4 is 14.7 Å². The molecule has 1 aromatic carbocycles. The average molecular weight is 373 g/mol. The van der Waals surface area contributed by atoms with E-state index in [9.17, 15) is 5.26 Å². The topological polar surface area (TPSA) is 72.2 Å². The van der Waals surface area contributed by atoms with E-state index in [1.165, 1.54) is 0 Å². The Morgan fingerprint density at radius 2 is 1.68 bits per heavy atom. The largest absolute Gasteiger partial charge is 0.363 e. The van der Waals surface area contributed by atoms with Crippen molar-refractivity contribution < 1.29 is 0 Å². The minimum absolute atomic E-state index is 0.619. The molecular weight excluding hydrogens is 350 g/mol. The Morgan fingerprint density at radius 3 is 2.39 bits per heavy atom. The van der Waals surface area contributed by atoms with Crippen LogP contribution in [0.5, 0.6) is 0 Å². The van der Waals surface area contributed by atoms with E-state index in [1.54, 1.807) is 0 Å². The number of hydrogen-bond donors (Lipinski definition) is 0. The molecule has 0 radical (unpaired) electrons. The van der Waals surface area contributed by atoms with E-state index in [0.29, 0.717) is 5.56 Å². The van der Waals surface area contributed by atoms with E-state index in [0.717, 1.165) is 60.4 Å². The van der Waals surface area contributed by atoms with E-state index in [1.807, 2.05) is 62.3 Å². The Morgan fingerprint density at radius 1 is 0.964 bits per heavy atom. The number of benzene rings is 1. The van der Waals surface area contributed by atoms with Crippen LogP contribution in [0.1, 0.15) is 11.3 Å². The summed E-state index contributed by atoms with van der Waals surface area (Å²) in [6.07, 6.45) is 0. The van der Waals surface area contributed by atoms with Crippen molar-refractivity contribution in [2.45, 2.75) is 6.92 Å². The van der Waals surface area contributed by atoms with Gasteiger partial charge in [0.15, 0.2) is 0 Å².